The molecule has 0 radical (unpaired) electrons. The SMILES string of the molecule is Cc1ccc(-c2noc(C(=O)N3CCCCC3)n2)cc1S(=O)(=O)NC1CCCc2ccccc21. The van der Waals surface area contributed by atoms with Crippen molar-refractivity contribution in [1.29, 1.82) is 0 Å². The molecule has 2 aromatic carbocycles. The van der Waals surface area contributed by atoms with Crippen LogP contribution in [0.3, 0.4) is 0 Å². The van der Waals surface area contributed by atoms with Crippen LogP contribution in [0.1, 0.15) is 65.5 Å². The van der Waals surface area contributed by atoms with Crippen LogP contribution in [-0.4, -0.2) is 42.5 Å². The molecular formula is C25H28N4O4S. The third-order valence-corrected chi connectivity index (χ3v) is 8.27. The molecule has 9 heteroatoms. The number of benzene rings is 2. The van der Waals surface area contributed by atoms with E-state index in [0.717, 1.165) is 44.1 Å². The molecule has 1 atom stereocenters. The summed E-state index contributed by atoms with van der Waals surface area (Å²) in [6.07, 6.45) is 5.68. The standard InChI is InChI=1S/C25H28N4O4S/c1-17-12-13-19(23-26-24(33-27-23)25(30)29-14-5-2-6-15-29)16-22(17)34(31,32)28-21-11-7-9-18-8-3-4-10-20(18)21/h3-4,8,10,12-13,16,21,28H,2,5-7,9,11,14-15H2,1H3. The topological polar surface area (TPSA) is 105 Å². The molecule has 1 N–H and O–H groups in total. The Morgan fingerprint density at radius 3 is 2.71 bits per heavy atom. The fourth-order valence-corrected chi connectivity index (χ4v) is 6.34. The summed E-state index contributed by atoms with van der Waals surface area (Å²) in [6, 6.07) is 12.7. The maximum Gasteiger partial charge on any atom is 0.316 e. The molecule has 1 unspecified atom stereocenters. The first-order chi connectivity index (χ1) is 16.4. The van der Waals surface area contributed by atoms with Gasteiger partial charge in [-0.25, -0.2) is 13.1 Å². The van der Waals surface area contributed by atoms with Gasteiger partial charge in [0.15, 0.2) is 0 Å². The number of nitrogens with one attached hydrogen (secondary N) is 1. The number of carbonyl (C=O) groups excluding carboxylic acids is 1. The van der Waals surface area contributed by atoms with Crippen molar-refractivity contribution in [1.82, 2.24) is 19.8 Å². The minimum absolute atomic E-state index is 0.0705. The fraction of sp³-hybridized carbons (Fsp3) is 0.400. The van der Waals surface area contributed by atoms with Gasteiger partial charge in [-0.05, 0) is 68.2 Å². The zero-order valence-corrected chi connectivity index (χ0v) is 20.0. The third kappa shape index (κ3) is 4.50. The van der Waals surface area contributed by atoms with Crippen molar-refractivity contribution in [3.63, 3.8) is 0 Å². The van der Waals surface area contributed by atoms with Crippen LogP contribution in [0.2, 0.25) is 0 Å². The molecule has 2 heterocycles. The van der Waals surface area contributed by atoms with E-state index in [4.69, 9.17) is 4.52 Å². The molecule has 0 saturated carbocycles. The number of amides is 1. The number of likely N-dealkylation sites (tertiary alicyclic amines) is 1. The van der Waals surface area contributed by atoms with Crippen LogP contribution in [0, 0.1) is 6.92 Å². The van der Waals surface area contributed by atoms with E-state index in [1.807, 2.05) is 18.2 Å². The lowest BCUT2D eigenvalue weighted by atomic mass is 9.88. The van der Waals surface area contributed by atoms with Gasteiger partial charge in [-0.2, -0.15) is 4.98 Å². The van der Waals surface area contributed by atoms with Gasteiger partial charge in [0.1, 0.15) is 0 Å². The van der Waals surface area contributed by atoms with Gasteiger partial charge in [0.05, 0.1) is 4.90 Å². The number of aryl methyl sites for hydroxylation is 2. The number of nitrogens with zero attached hydrogens (tertiary/aromatic N) is 3. The second-order valence-electron chi connectivity index (χ2n) is 9.02. The van der Waals surface area contributed by atoms with Crippen LogP contribution in [0.5, 0.6) is 0 Å². The summed E-state index contributed by atoms with van der Waals surface area (Å²) in [5.74, 6) is -0.158. The predicted octanol–water partition coefficient (Wildman–Crippen LogP) is 4.03. The fourth-order valence-electron chi connectivity index (χ4n) is 4.82. The van der Waals surface area contributed by atoms with Gasteiger partial charge in [0.25, 0.3) is 0 Å². The zero-order valence-electron chi connectivity index (χ0n) is 19.2. The summed E-state index contributed by atoms with van der Waals surface area (Å²) in [4.78, 5) is 18.8. The van der Waals surface area contributed by atoms with E-state index in [1.165, 1.54) is 5.56 Å². The minimum Gasteiger partial charge on any atom is -0.334 e. The highest BCUT2D eigenvalue weighted by atomic mass is 32.2. The summed E-state index contributed by atoms with van der Waals surface area (Å²) in [6.45, 7) is 3.12. The molecule has 178 valence electrons. The van der Waals surface area contributed by atoms with Crippen molar-refractivity contribution in [3.8, 4) is 11.4 Å². The lowest BCUT2D eigenvalue weighted by Crippen LogP contribution is -2.35. The molecule has 1 aromatic heterocycles. The molecule has 34 heavy (non-hydrogen) atoms. The molecular weight excluding hydrogens is 452 g/mol. The normalized spacial score (nSPS) is 18.5. The predicted molar refractivity (Wildman–Crippen MR) is 127 cm³/mol. The molecule has 1 amide bonds. The van der Waals surface area contributed by atoms with Crippen LogP contribution >= 0.6 is 0 Å². The molecule has 0 spiro atoms. The molecule has 1 aliphatic heterocycles. The zero-order chi connectivity index (χ0) is 23.7. The van der Waals surface area contributed by atoms with E-state index in [2.05, 4.69) is 20.9 Å². The summed E-state index contributed by atoms with van der Waals surface area (Å²) in [5, 5.41) is 3.95. The van der Waals surface area contributed by atoms with Crippen LogP contribution < -0.4 is 4.72 Å². The molecule has 1 saturated heterocycles. The van der Waals surface area contributed by atoms with Crippen LogP contribution in [0.25, 0.3) is 11.4 Å². The van der Waals surface area contributed by atoms with Crippen LogP contribution in [0.4, 0.5) is 0 Å². The second kappa shape index (κ2) is 9.31. The first-order valence-corrected chi connectivity index (χ1v) is 13.2. The monoisotopic (exact) mass is 480 g/mol. The van der Waals surface area contributed by atoms with Gasteiger partial charge in [0, 0.05) is 24.7 Å². The van der Waals surface area contributed by atoms with E-state index in [1.54, 1.807) is 30.0 Å². The van der Waals surface area contributed by atoms with Gasteiger partial charge in [-0.15, -0.1) is 0 Å². The van der Waals surface area contributed by atoms with E-state index in [0.29, 0.717) is 24.2 Å². The maximum atomic E-state index is 13.4. The number of hydrogen-bond donors (Lipinski definition) is 1. The minimum atomic E-state index is -3.80. The highest BCUT2D eigenvalue weighted by Gasteiger charge is 2.28. The van der Waals surface area contributed by atoms with E-state index in [9.17, 15) is 13.2 Å². The third-order valence-electron chi connectivity index (χ3n) is 6.65. The number of hydrogen-bond acceptors (Lipinski definition) is 6. The Kier molecular flexibility index (Phi) is 6.22. The molecule has 2 aliphatic rings. The van der Waals surface area contributed by atoms with Gasteiger partial charge >= 0.3 is 11.8 Å². The number of aromatic nitrogens is 2. The molecule has 5 rings (SSSR count). The summed E-state index contributed by atoms with van der Waals surface area (Å²) < 4.78 is 34.9. The number of fused-ring (bicyclic) bond motifs is 1. The average molecular weight is 481 g/mol. The largest absolute Gasteiger partial charge is 0.334 e. The van der Waals surface area contributed by atoms with Gasteiger partial charge in [0.2, 0.25) is 15.8 Å². The van der Waals surface area contributed by atoms with E-state index in [-0.39, 0.29) is 28.6 Å². The number of piperidine rings is 1. The molecule has 1 aliphatic carbocycles. The highest BCUT2D eigenvalue weighted by Crippen LogP contribution is 2.32. The quantitative estimate of drug-likeness (QED) is 0.591. The molecule has 1 fully saturated rings. The van der Waals surface area contributed by atoms with Crippen molar-refractivity contribution in [2.45, 2.75) is 56.4 Å². The first-order valence-electron chi connectivity index (χ1n) is 11.8. The van der Waals surface area contributed by atoms with Crippen molar-refractivity contribution in [2.24, 2.45) is 0 Å². The summed E-state index contributed by atoms with van der Waals surface area (Å²) in [5.41, 5.74) is 3.32. The Hall–Kier alpha value is -3.04. The number of sulfonamides is 1. The average Bonchev–Trinajstić information content (AvgIpc) is 3.35. The van der Waals surface area contributed by atoms with Crippen molar-refractivity contribution in [3.05, 3.63) is 65.0 Å². The Morgan fingerprint density at radius 1 is 1.09 bits per heavy atom. The van der Waals surface area contributed by atoms with Crippen molar-refractivity contribution in [2.75, 3.05) is 13.1 Å². The van der Waals surface area contributed by atoms with E-state index < -0.39 is 10.0 Å². The van der Waals surface area contributed by atoms with E-state index >= 15 is 0 Å². The highest BCUT2D eigenvalue weighted by molar-refractivity contribution is 7.89. The van der Waals surface area contributed by atoms with Crippen LogP contribution in [-0.2, 0) is 16.4 Å². The molecule has 3 aromatic rings. The molecule has 8 nitrogen and oxygen atoms in total. The Morgan fingerprint density at radius 2 is 1.88 bits per heavy atom. The molecule has 0 bridgehead atoms. The number of rotatable bonds is 5. The second-order valence-corrected chi connectivity index (χ2v) is 10.7. The lowest BCUT2D eigenvalue weighted by molar-refractivity contribution is 0.0674. The smallest absolute Gasteiger partial charge is 0.316 e. The Balaban J connectivity index is 1.40. The van der Waals surface area contributed by atoms with Crippen molar-refractivity contribution >= 4 is 15.9 Å². The van der Waals surface area contributed by atoms with Crippen molar-refractivity contribution < 1.29 is 17.7 Å². The summed E-state index contributed by atoms with van der Waals surface area (Å²) >= 11 is 0. The van der Waals surface area contributed by atoms with Gasteiger partial charge in [-0.3, -0.25) is 4.79 Å². The van der Waals surface area contributed by atoms with Gasteiger partial charge in [-0.1, -0.05) is 41.6 Å². The first kappa shape index (κ1) is 22.7. The summed E-state index contributed by atoms with van der Waals surface area (Å²) in [7, 11) is -3.80. The maximum absolute atomic E-state index is 13.4. The van der Waals surface area contributed by atoms with Crippen LogP contribution in [0.15, 0.2) is 51.9 Å². The number of carbonyl (C=O) groups is 1. The lowest BCUT2D eigenvalue weighted by Gasteiger charge is -2.26. The Bertz CT molecular complexity index is 1310. The Labute approximate surface area is 199 Å². The van der Waals surface area contributed by atoms with Gasteiger partial charge < -0.3 is 9.42 Å².